The second-order valence-electron chi connectivity index (χ2n) is 4.78. The van der Waals surface area contributed by atoms with Gasteiger partial charge in [-0.05, 0) is 24.3 Å². The van der Waals surface area contributed by atoms with Crippen molar-refractivity contribution in [3.63, 3.8) is 0 Å². The standard InChI is InChI=1S/C16H14N2O6S/c1-24-10-6-7-12(13(8-10)18(22)23)17-15(19)9-25-14-5-3-2-4-11(14)16(20)21/h2-8H,9H2,1H3,(H,17,19)(H,20,21). The fourth-order valence-corrected chi connectivity index (χ4v) is 2.84. The minimum absolute atomic E-state index is 0.0444. The third kappa shape index (κ3) is 4.70. The molecule has 2 N–H and O–H groups in total. The van der Waals surface area contributed by atoms with Crippen LogP contribution in [0.3, 0.4) is 0 Å². The van der Waals surface area contributed by atoms with Gasteiger partial charge in [0.05, 0.1) is 29.4 Å². The molecule has 0 saturated carbocycles. The van der Waals surface area contributed by atoms with Crippen molar-refractivity contribution in [3.8, 4) is 5.75 Å². The van der Waals surface area contributed by atoms with Crippen LogP contribution in [0.2, 0.25) is 0 Å². The first-order valence-electron chi connectivity index (χ1n) is 6.99. The first-order valence-corrected chi connectivity index (χ1v) is 7.98. The summed E-state index contributed by atoms with van der Waals surface area (Å²) >= 11 is 1.04. The number of nitrogens with zero attached hydrogens (tertiary/aromatic N) is 1. The molecule has 0 unspecified atom stereocenters. The van der Waals surface area contributed by atoms with Crippen LogP contribution in [0.5, 0.6) is 5.75 Å². The van der Waals surface area contributed by atoms with Gasteiger partial charge in [-0.15, -0.1) is 11.8 Å². The average Bonchev–Trinajstić information content (AvgIpc) is 2.60. The highest BCUT2D eigenvalue weighted by molar-refractivity contribution is 8.00. The highest BCUT2D eigenvalue weighted by Gasteiger charge is 2.18. The van der Waals surface area contributed by atoms with Crippen molar-refractivity contribution in [1.82, 2.24) is 0 Å². The first-order chi connectivity index (χ1) is 11.9. The van der Waals surface area contributed by atoms with E-state index in [9.17, 15) is 19.7 Å². The number of thioether (sulfide) groups is 1. The van der Waals surface area contributed by atoms with Crippen molar-refractivity contribution in [3.05, 3.63) is 58.1 Å². The number of anilines is 1. The highest BCUT2D eigenvalue weighted by atomic mass is 32.2. The van der Waals surface area contributed by atoms with Crippen molar-refractivity contribution in [1.29, 1.82) is 0 Å². The van der Waals surface area contributed by atoms with Gasteiger partial charge in [0.1, 0.15) is 11.4 Å². The van der Waals surface area contributed by atoms with E-state index in [1.807, 2.05) is 0 Å². The lowest BCUT2D eigenvalue weighted by Crippen LogP contribution is -2.15. The molecule has 1 amide bonds. The Balaban J connectivity index is 2.09. The van der Waals surface area contributed by atoms with Gasteiger partial charge in [-0.2, -0.15) is 0 Å². The Hall–Kier alpha value is -3.07. The molecular weight excluding hydrogens is 348 g/mol. The summed E-state index contributed by atoms with van der Waals surface area (Å²) in [5.74, 6) is -1.37. The van der Waals surface area contributed by atoms with E-state index in [0.29, 0.717) is 10.6 Å². The molecule has 0 radical (unpaired) electrons. The summed E-state index contributed by atoms with van der Waals surface area (Å²) in [7, 11) is 1.38. The highest BCUT2D eigenvalue weighted by Crippen LogP contribution is 2.29. The van der Waals surface area contributed by atoms with Gasteiger partial charge in [0.2, 0.25) is 5.91 Å². The summed E-state index contributed by atoms with van der Waals surface area (Å²) in [5, 5.41) is 22.7. The fraction of sp³-hybridized carbons (Fsp3) is 0.125. The number of ether oxygens (including phenoxy) is 1. The number of carboxylic acids is 1. The van der Waals surface area contributed by atoms with E-state index in [0.717, 1.165) is 11.8 Å². The predicted molar refractivity (Wildman–Crippen MR) is 92.4 cm³/mol. The lowest BCUT2D eigenvalue weighted by atomic mass is 10.2. The van der Waals surface area contributed by atoms with E-state index >= 15 is 0 Å². The van der Waals surface area contributed by atoms with Gasteiger partial charge in [0.15, 0.2) is 0 Å². The van der Waals surface area contributed by atoms with Crippen LogP contribution in [0.4, 0.5) is 11.4 Å². The number of carbonyl (C=O) groups excluding carboxylic acids is 1. The smallest absolute Gasteiger partial charge is 0.336 e. The minimum atomic E-state index is -1.09. The minimum Gasteiger partial charge on any atom is -0.496 e. The number of amides is 1. The Morgan fingerprint density at radius 3 is 2.64 bits per heavy atom. The first kappa shape index (κ1) is 18.3. The zero-order valence-corrected chi connectivity index (χ0v) is 13.9. The molecule has 8 nitrogen and oxygen atoms in total. The number of rotatable bonds is 7. The molecule has 25 heavy (non-hydrogen) atoms. The molecule has 0 aliphatic carbocycles. The maximum Gasteiger partial charge on any atom is 0.336 e. The summed E-state index contributed by atoms with van der Waals surface area (Å²) in [6, 6.07) is 10.4. The summed E-state index contributed by atoms with van der Waals surface area (Å²) in [4.78, 5) is 34.1. The SMILES string of the molecule is COc1ccc(NC(=O)CSc2ccccc2C(=O)O)c([N+](=O)[O-])c1. The Labute approximate surface area is 147 Å². The van der Waals surface area contributed by atoms with Gasteiger partial charge < -0.3 is 15.2 Å². The van der Waals surface area contributed by atoms with Crippen molar-refractivity contribution in [2.45, 2.75) is 4.90 Å². The molecule has 2 aromatic rings. The number of hydrogen-bond donors (Lipinski definition) is 2. The normalized spacial score (nSPS) is 10.1. The molecule has 0 spiro atoms. The van der Waals surface area contributed by atoms with Gasteiger partial charge in [-0.3, -0.25) is 14.9 Å². The van der Waals surface area contributed by atoms with Crippen LogP contribution in [0.15, 0.2) is 47.4 Å². The third-order valence-electron chi connectivity index (χ3n) is 3.15. The van der Waals surface area contributed by atoms with Crippen LogP contribution in [0.25, 0.3) is 0 Å². The number of nitro benzene ring substituents is 1. The number of carboxylic acid groups (broad SMARTS) is 1. The molecule has 9 heteroatoms. The van der Waals surface area contributed by atoms with Crippen LogP contribution in [-0.2, 0) is 4.79 Å². The molecule has 0 fully saturated rings. The molecule has 2 rings (SSSR count). The summed E-state index contributed by atoms with van der Waals surface area (Å²) in [6.45, 7) is 0. The van der Waals surface area contributed by atoms with E-state index in [2.05, 4.69) is 5.32 Å². The van der Waals surface area contributed by atoms with Crippen LogP contribution < -0.4 is 10.1 Å². The van der Waals surface area contributed by atoms with E-state index < -0.39 is 16.8 Å². The van der Waals surface area contributed by atoms with E-state index in [4.69, 9.17) is 9.84 Å². The Bertz CT molecular complexity index is 824. The zero-order chi connectivity index (χ0) is 18.4. The lowest BCUT2D eigenvalue weighted by Gasteiger charge is -2.08. The Kier molecular flexibility index (Phi) is 5.96. The van der Waals surface area contributed by atoms with Gasteiger partial charge in [-0.25, -0.2) is 4.79 Å². The largest absolute Gasteiger partial charge is 0.496 e. The van der Waals surface area contributed by atoms with E-state index in [1.54, 1.807) is 18.2 Å². The van der Waals surface area contributed by atoms with Crippen molar-refractivity contribution in [2.24, 2.45) is 0 Å². The molecule has 0 bridgehead atoms. The molecule has 0 heterocycles. The summed E-state index contributed by atoms with van der Waals surface area (Å²) in [6.07, 6.45) is 0. The second kappa shape index (κ2) is 8.15. The average molecular weight is 362 g/mol. The quantitative estimate of drug-likeness (QED) is 0.441. The third-order valence-corrected chi connectivity index (χ3v) is 4.23. The molecule has 0 aliphatic rings. The Morgan fingerprint density at radius 2 is 2.00 bits per heavy atom. The number of nitrogens with one attached hydrogen (secondary N) is 1. The predicted octanol–water partition coefficient (Wildman–Crippen LogP) is 3.03. The lowest BCUT2D eigenvalue weighted by molar-refractivity contribution is -0.384. The van der Waals surface area contributed by atoms with E-state index in [1.165, 1.54) is 31.4 Å². The van der Waals surface area contributed by atoms with Crippen LogP contribution in [-0.4, -0.2) is 34.8 Å². The maximum absolute atomic E-state index is 12.1. The van der Waals surface area contributed by atoms with E-state index in [-0.39, 0.29) is 22.7 Å². The molecule has 130 valence electrons. The molecule has 0 aliphatic heterocycles. The second-order valence-corrected chi connectivity index (χ2v) is 5.80. The number of aromatic carboxylic acids is 1. The van der Waals surface area contributed by atoms with Gasteiger partial charge in [0, 0.05) is 4.90 Å². The van der Waals surface area contributed by atoms with Crippen molar-refractivity contribution >= 4 is 35.0 Å². The maximum atomic E-state index is 12.1. The summed E-state index contributed by atoms with van der Waals surface area (Å²) < 4.78 is 4.93. The number of nitro groups is 1. The van der Waals surface area contributed by atoms with Crippen LogP contribution in [0.1, 0.15) is 10.4 Å². The number of methoxy groups -OCH3 is 1. The summed E-state index contributed by atoms with van der Waals surface area (Å²) in [5.41, 5.74) is -0.151. The number of carbonyl (C=O) groups is 2. The van der Waals surface area contributed by atoms with Crippen molar-refractivity contribution < 1.29 is 24.4 Å². The van der Waals surface area contributed by atoms with Crippen LogP contribution in [0, 0.1) is 10.1 Å². The van der Waals surface area contributed by atoms with Crippen LogP contribution >= 0.6 is 11.8 Å². The number of hydrogen-bond acceptors (Lipinski definition) is 6. The monoisotopic (exact) mass is 362 g/mol. The van der Waals surface area contributed by atoms with Crippen molar-refractivity contribution in [2.75, 3.05) is 18.2 Å². The Morgan fingerprint density at radius 1 is 1.28 bits per heavy atom. The zero-order valence-electron chi connectivity index (χ0n) is 13.1. The molecule has 0 saturated heterocycles. The molecule has 0 aromatic heterocycles. The molecule has 2 aromatic carbocycles. The van der Waals surface area contributed by atoms with Gasteiger partial charge >= 0.3 is 5.97 Å². The topological polar surface area (TPSA) is 119 Å². The number of benzene rings is 2. The molecular formula is C16H14N2O6S. The van der Waals surface area contributed by atoms with Gasteiger partial charge in [-0.1, -0.05) is 12.1 Å². The van der Waals surface area contributed by atoms with Gasteiger partial charge in [0.25, 0.3) is 5.69 Å². The molecule has 0 atom stereocenters. The fourth-order valence-electron chi connectivity index (χ4n) is 1.99.